The Labute approximate surface area is 93.1 Å². The Morgan fingerprint density at radius 2 is 1.93 bits per heavy atom. The molecule has 1 N–H and O–H groups in total. The van der Waals surface area contributed by atoms with E-state index in [1.165, 1.54) is 24.0 Å². The molecule has 1 aromatic carbocycles. The molecule has 84 valence electrons. The highest BCUT2D eigenvalue weighted by Gasteiger charge is 2.05. The van der Waals surface area contributed by atoms with Crippen LogP contribution in [0.1, 0.15) is 44.7 Å². The average Bonchev–Trinajstić information content (AvgIpc) is 2.16. The van der Waals surface area contributed by atoms with Crippen LogP contribution < -0.4 is 0 Å². The first-order chi connectivity index (χ1) is 7.13. The molecule has 0 aliphatic carbocycles. The van der Waals surface area contributed by atoms with Gasteiger partial charge in [0.05, 0.1) is 0 Å². The lowest BCUT2D eigenvalue weighted by molar-refractivity contribution is 0.473. The van der Waals surface area contributed by atoms with Gasteiger partial charge in [-0.05, 0) is 48.4 Å². The van der Waals surface area contributed by atoms with E-state index >= 15 is 0 Å². The summed E-state index contributed by atoms with van der Waals surface area (Å²) in [6.07, 6.45) is 4.66. The van der Waals surface area contributed by atoms with Gasteiger partial charge in [-0.25, -0.2) is 0 Å². The van der Waals surface area contributed by atoms with Gasteiger partial charge in [-0.1, -0.05) is 33.3 Å². The highest BCUT2D eigenvalue weighted by atomic mass is 16.3. The van der Waals surface area contributed by atoms with Crippen LogP contribution in [0, 0.1) is 5.92 Å². The Morgan fingerprint density at radius 1 is 1.20 bits per heavy atom. The third-order valence-electron chi connectivity index (χ3n) is 2.62. The number of rotatable bonds is 5. The van der Waals surface area contributed by atoms with Crippen LogP contribution >= 0.6 is 0 Å². The van der Waals surface area contributed by atoms with Crippen molar-refractivity contribution in [2.24, 2.45) is 5.92 Å². The SMILES string of the molecule is CCCCc1ccc(O)cc1CC(C)C. The van der Waals surface area contributed by atoms with Crippen molar-refractivity contribution >= 4 is 0 Å². The fourth-order valence-corrected chi connectivity index (χ4v) is 1.85. The molecule has 0 saturated heterocycles. The summed E-state index contributed by atoms with van der Waals surface area (Å²) in [4.78, 5) is 0. The van der Waals surface area contributed by atoms with Crippen molar-refractivity contribution in [2.75, 3.05) is 0 Å². The van der Waals surface area contributed by atoms with Gasteiger partial charge in [0.25, 0.3) is 0 Å². The number of hydrogen-bond donors (Lipinski definition) is 1. The standard InChI is InChI=1S/C14H22O/c1-4-5-6-12-7-8-14(15)10-13(12)9-11(2)3/h7-8,10-11,15H,4-6,9H2,1-3H3. The highest BCUT2D eigenvalue weighted by Crippen LogP contribution is 2.21. The summed E-state index contributed by atoms with van der Waals surface area (Å²) in [5.74, 6) is 1.04. The van der Waals surface area contributed by atoms with Gasteiger partial charge in [0.15, 0.2) is 0 Å². The van der Waals surface area contributed by atoms with Gasteiger partial charge in [0, 0.05) is 0 Å². The molecule has 0 spiro atoms. The molecular weight excluding hydrogens is 184 g/mol. The number of aryl methyl sites for hydroxylation is 1. The number of unbranched alkanes of at least 4 members (excludes halogenated alkanes) is 1. The zero-order chi connectivity index (χ0) is 11.3. The van der Waals surface area contributed by atoms with Crippen LogP contribution in [-0.2, 0) is 12.8 Å². The minimum Gasteiger partial charge on any atom is -0.508 e. The summed E-state index contributed by atoms with van der Waals surface area (Å²) in [6, 6.07) is 5.79. The van der Waals surface area contributed by atoms with E-state index in [2.05, 4.69) is 26.8 Å². The summed E-state index contributed by atoms with van der Waals surface area (Å²) in [5.41, 5.74) is 2.72. The van der Waals surface area contributed by atoms with Crippen molar-refractivity contribution in [3.63, 3.8) is 0 Å². The molecule has 0 atom stereocenters. The first-order valence-electron chi connectivity index (χ1n) is 5.94. The lowest BCUT2D eigenvalue weighted by Crippen LogP contribution is -1.99. The van der Waals surface area contributed by atoms with Crippen LogP contribution in [0.25, 0.3) is 0 Å². The number of benzene rings is 1. The molecule has 1 nitrogen and oxygen atoms in total. The van der Waals surface area contributed by atoms with Gasteiger partial charge < -0.3 is 5.11 Å². The van der Waals surface area contributed by atoms with Gasteiger partial charge >= 0.3 is 0 Å². The summed E-state index contributed by atoms with van der Waals surface area (Å²) in [6.45, 7) is 6.64. The van der Waals surface area contributed by atoms with Crippen molar-refractivity contribution in [3.8, 4) is 5.75 Å². The molecule has 1 aromatic rings. The molecule has 0 radical (unpaired) electrons. The van der Waals surface area contributed by atoms with Crippen LogP contribution in [0.5, 0.6) is 5.75 Å². The van der Waals surface area contributed by atoms with E-state index in [0.717, 1.165) is 12.8 Å². The molecule has 0 saturated carbocycles. The van der Waals surface area contributed by atoms with Gasteiger partial charge in [-0.2, -0.15) is 0 Å². The molecule has 15 heavy (non-hydrogen) atoms. The van der Waals surface area contributed by atoms with E-state index in [0.29, 0.717) is 11.7 Å². The third-order valence-corrected chi connectivity index (χ3v) is 2.62. The van der Waals surface area contributed by atoms with Crippen molar-refractivity contribution in [1.29, 1.82) is 0 Å². The summed E-state index contributed by atoms with van der Waals surface area (Å²) >= 11 is 0. The van der Waals surface area contributed by atoms with E-state index < -0.39 is 0 Å². The fourth-order valence-electron chi connectivity index (χ4n) is 1.85. The Kier molecular flexibility index (Phi) is 4.67. The number of hydrogen-bond acceptors (Lipinski definition) is 1. The van der Waals surface area contributed by atoms with Gasteiger partial charge in [-0.3, -0.25) is 0 Å². The van der Waals surface area contributed by atoms with E-state index in [1.54, 1.807) is 6.07 Å². The van der Waals surface area contributed by atoms with Crippen molar-refractivity contribution in [1.82, 2.24) is 0 Å². The monoisotopic (exact) mass is 206 g/mol. The van der Waals surface area contributed by atoms with E-state index in [-0.39, 0.29) is 0 Å². The molecule has 0 aliphatic heterocycles. The predicted molar refractivity (Wildman–Crippen MR) is 65.3 cm³/mol. The fraction of sp³-hybridized carbons (Fsp3) is 0.571. The number of aromatic hydroxyl groups is 1. The van der Waals surface area contributed by atoms with Crippen LogP contribution in [0.2, 0.25) is 0 Å². The molecule has 0 heterocycles. The van der Waals surface area contributed by atoms with Crippen molar-refractivity contribution in [2.45, 2.75) is 46.5 Å². The predicted octanol–water partition coefficient (Wildman–Crippen LogP) is 3.93. The summed E-state index contributed by atoms with van der Waals surface area (Å²) < 4.78 is 0. The molecule has 0 amide bonds. The molecule has 0 fully saturated rings. The first kappa shape index (κ1) is 12.1. The highest BCUT2D eigenvalue weighted by molar-refractivity contribution is 5.35. The second-order valence-corrected chi connectivity index (χ2v) is 4.65. The maximum atomic E-state index is 9.48. The topological polar surface area (TPSA) is 20.2 Å². The lowest BCUT2D eigenvalue weighted by Gasteiger charge is -2.11. The number of phenolic OH excluding ortho intramolecular Hbond substituents is 1. The van der Waals surface area contributed by atoms with Crippen molar-refractivity contribution < 1.29 is 5.11 Å². The quantitative estimate of drug-likeness (QED) is 0.773. The van der Waals surface area contributed by atoms with Crippen LogP contribution in [-0.4, -0.2) is 5.11 Å². The van der Waals surface area contributed by atoms with E-state index in [4.69, 9.17) is 0 Å². The molecule has 0 aliphatic rings. The van der Waals surface area contributed by atoms with Gasteiger partial charge in [0.2, 0.25) is 0 Å². The van der Waals surface area contributed by atoms with Crippen LogP contribution in [0.4, 0.5) is 0 Å². The second-order valence-electron chi connectivity index (χ2n) is 4.65. The first-order valence-corrected chi connectivity index (χ1v) is 5.94. The smallest absolute Gasteiger partial charge is 0.115 e. The average molecular weight is 206 g/mol. The molecule has 0 aromatic heterocycles. The molecule has 1 heteroatoms. The Hall–Kier alpha value is -0.980. The molecular formula is C14H22O. The van der Waals surface area contributed by atoms with E-state index in [9.17, 15) is 5.11 Å². The largest absolute Gasteiger partial charge is 0.508 e. The minimum atomic E-state index is 0.394. The second kappa shape index (κ2) is 5.79. The lowest BCUT2D eigenvalue weighted by atomic mass is 9.95. The van der Waals surface area contributed by atoms with Crippen LogP contribution in [0.3, 0.4) is 0 Å². The van der Waals surface area contributed by atoms with E-state index in [1.807, 2.05) is 6.07 Å². The maximum Gasteiger partial charge on any atom is 0.115 e. The van der Waals surface area contributed by atoms with Gasteiger partial charge in [-0.15, -0.1) is 0 Å². The van der Waals surface area contributed by atoms with Crippen LogP contribution in [0.15, 0.2) is 18.2 Å². The molecule has 1 rings (SSSR count). The Morgan fingerprint density at radius 3 is 2.53 bits per heavy atom. The Bertz CT molecular complexity index is 302. The molecule has 0 unspecified atom stereocenters. The summed E-state index contributed by atoms with van der Waals surface area (Å²) in [5, 5.41) is 9.48. The normalized spacial score (nSPS) is 10.9. The zero-order valence-corrected chi connectivity index (χ0v) is 10.1. The zero-order valence-electron chi connectivity index (χ0n) is 10.1. The maximum absolute atomic E-state index is 9.48. The third kappa shape index (κ3) is 3.94. The number of phenols is 1. The Balaban J connectivity index is 2.82. The minimum absolute atomic E-state index is 0.394. The van der Waals surface area contributed by atoms with Crippen molar-refractivity contribution in [3.05, 3.63) is 29.3 Å². The molecule has 0 bridgehead atoms. The van der Waals surface area contributed by atoms with Gasteiger partial charge in [0.1, 0.15) is 5.75 Å². The summed E-state index contributed by atoms with van der Waals surface area (Å²) in [7, 11) is 0.